The van der Waals surface area contributed by atoms with Gasteiger partial charge in [0.1, 0.15) is 6.61 Å². The Balaban J connectivity index is 1.91. The maximum Gasteiger partial charge on any atom is 0.331 e. The molecule has 11 nitrogen and oxygen atoms in total. The minimum Gasteiger partial charge on any atom is -0.467 e. The van der Waals surface area contributed by atoms with E-state index in [1.165, 1.54) is 32.7 Å². The third-order valence-corrected chi connectivity index (χ3v) is 5.68. The highest BCUT2D eigenvalue weighted by atomic mass is 32.2. The predicted octanol–water partition coefficient (Wildman–Crippen LogP) is 1.02. The third-order valence-electron chi connectivity index (χ3n) is 4.60. The van der Waals surface area contributed by atoms with E-state index in [1.54, 1.807) is 4.68 Å². The van der Waals surface area contributed by atoms with Crippen molar-refractivity contribution in [3.05, 3.63) is 10.4 Å². The number of methoxy groups -OCH3 is 1. The Hall–Kier alpha value is -2.02. The number of ether oxygens (including phenoxy) is 3. The second kappa shape index (κ2) is 9.41. The number of aromatic amines is 1. The number of thioether (sulfide) groups is 1. The van der Waals surface area contributed by atoms with Gasteiger partial charge in [-0.1, -0.05) is 23.9 Å². The maximum absolute atomic E-state index is 12.4. The lowest BCUT2D eigenvalue weighted by molar-refractivity contribution is -0.212. The van der Waals surface area contributed by atoms with Gasteiger partial charge in [0.25, 0.3) is 5.56 Å². The number of carbonyl (C=O) groups is 1. The van der Waals surface area contributed by atoms with Crippen LogP contribution in [0.1, 0.15) is 46.1 Å². The van der Waals surface area contributed by atoms with Gasteiger partial charge in [0.05, 0.1) is 25.4 Å². The molecule has 1 saturated carbocycles. The van der Waals surface area contributed by atoms with Crippen LogP contribution in [0, 0.1) is 0 Å². The zero-order valence-corrected chi connectivity index (χ0v) is 18.3. The van der Waals surface area contributed by atoms with Crippen LogP contribution in [0.15, 0.2) is 9.95 Å². The van der Waals surface area contributed by atoms with Crippen LogP contribution in [0.3, 0.4) is 0 Å². The molecule has 0 bridgehead atoms. The van der Waals surface area contributed by atoms with Gasteiger partial charge in [0.15, 0.2) is 22.1 Å². The molecule has 0 saturated heterocycles. The van der Waals surface area contributed by atoms with Crippen molar-refractivity contribution in [3.8, 4) is 0 Å². The predicted molar refractivity (Wildman–Crippen MR) is 108 cm³/mol. The molecular weight excluding hydrogens is 414 g/mol. The second-order valence-corrected chi connectivity index (χ2v) is 8.66. The Bertz CT molecular complexity index is 939. The molecule has 30 heavy (non-hydrogen) atoms. The summed E-state index contributed by atoms with van der Waals surface area (Å²) in [5.41, 5.74) is 0.124. The minimum absolute atomic E-state index is 0.136. The summed E-state index contributed by atoms with van der Waals surface area (Å²) in [6, 6.07) is -0.387. The summed E-state index contributed by atoms with van der Waals surface area (Å²) in [6.07, 6.45) is 1.00. The number of hydrogen-bond donors (Lipinski definition) is 2. The molecule has 2 aromatic rings. The summed E-state index contributed by atoms with van der Waals surface area (Å²) in [4.78, 5) is 31.1. The van der Waals surface area contributed by atoms with Crippen LogP contribution in [-0.4, -0.2) is 73.5 Å². The van der Waals surface area contributed by atoms with E-state index in [2.05, 4.69) is 25.0 Å². The molecular formula is C18H27N5O6S. The van der Waals surface area contributed by atoms with Gasteiger partial charge in [-0.15, -0.1) is 5.10 Å². The van der Waals surface area contributed by atoms with Crippen molar-refractivity contribution in [1.82, 2.24) is 25.0 Å². The number of H-pyrrole nitrogens is 1. The molecule has 0 spiro atoms. The van der Waals surface area contributed by atoms with Gasteiger partial charge in [-0.2, -0.15) is 0 Å². The van der Waals surface area contributed by atoms with E-state index >= 15 is 0 Å². The van der Waals surface area contributed by atoms with Gasteiger partial charge in [-0.25, -0.2) is 14.5 Å². The van der Waals surface area contributed by atoms with Crippen LogP contribution < -0.4 is 5.56 Å². The molecule has 166 valence electrons. The van der Waals surface area contributed by atoms with Crippen molar-refractivity contribution in [2.75, 3.05) is 19.5 Å². The number of aliphatic hydroxyl groups is 1. The van der Waals surface area contributed by atoms with Crippen molar-refractivity contribution in [2.24, 2.45) is 0 Å². The standard InChI is InChI=1S/C18H27N5O6S/c1-5-6-30-17-19-15-14(16(25)20-17)21-22-23(15)11-7-10(28-9-13(24)27-4)8-12(11)29-18(2,3)26/h10-12,26H,5-9H2,1-4H3,(H,19,20,25). The summed E-state index contributed by atoms with van der Waals surface area (Å²) in [6.45, 7) is 4.93. The average molecular weight is 442 g/mol. The van der Waals surface area contributed by atoms with E-state index in [-0.39, 0.29) is 29.8 Å². The first-order valence-electron chi connectivity index (χ1n) is 9.78. The molecule has 12 heteroatoms. The Labute approximate surface area is 177 Å². The highest BCUT2D eigenvalue weighted by molar-refractivity contribution is 7.99. The summed E-state index contributed by atoms with van der Waals surface area (Å²) in [5, 5.41) is 18.8. The summed E-state index contributed by atoms with van der Waals surface area (Å²) in [7, 11) is 1.29. The largest absolute Gasteiger partial charge is 0.467 e. The zero-order valence-electron chi connectivity index (χ0n) is 17.5. The van der Waals surface area contributed by atoms with Crippen LogP contribution >= 0.6 is 11.8 Å². The number of esters is 1. The van der Waals surface area contributed by atoms with Gasteiger partial charge in [0.2, 0.25) is 0 Å². The smallest absolute Gasteiger partial charge is 0.331 e. The highest BCUT2D eigenvalue weighted by Crippen LogP contribution is 2.37. The molecule has 1 aliphatic rings. The Morgan fingerprint density at radius 2 is 2.17 bits per heavy atom. The monoisotopic (exact) mass is 441 g/mol. The quantitative estimate of drug-likeness (QED) is 0.251. The fourth-order valence-corrected chi connectivity index (χ4v) is 4.09. The molecule has 0 aliphatic heterocycles. The molecule has 0 aromatic carbocycles. The number of nitrogens with zero attached hydrogens (tertiary/aromatic N) is 4. The first kappa shape index (κ1) is 22.7. The summed E-state index contributed by atoms with van der Waals surface area (Å²) < 4.78 is 17.6. The molecule has 3 atom stereocenters. The molecule has 2 heterocycles. The van der Waals surface area contributed by atoms with E-state index < -0.39 is 17.9 Å². The van der Waals surface area contributed by atoms with Gasteiger partial charge in [-0.3, -0.25) is 9.78 Å². The maximum atomic E-state index is 12.4. The van der Waals surface area contributed by atoms with E-state index in [1.807, 2.05) is 6.92 Å². The van der Waals surface area contributed by atoms with Gasteiger partial charge >= 0.3 is 5.97 Å². The highest BCUT2D eigenvalue weighted by Gasteiger charge is 2.41. The van der Waals surface area contributed by atoms with Crippen LogP contribution in [0.25, 0.3) is 11.2 Å². The van der Waals surface area contributed by atoms with Crippen LogP contribution in [0.4, 0.5) is 0 Å². The molecule has 3 rings (SSSR count). The first-order chi connectivity index (χ1) is 14.2. The average Bonchev–Trinajstić information content (AvgIpc) is 3.27. The van der Waals surface area contributed by atoms with Crippen molar-refractivity contribution in [2.45, 2.75) is 69.2 Å². The van der Waals surface area contributed by atoms with E-state index in [0.29, 0.717) is 23.6 Å². The van der Waals surface area contributed by atoms with Crippen molar-refractivity contribution in [3.63, 3.8) is 0 Å². The number of rotatable bonds is 9. The molecule has 3 unspecified atom stereocenters. The number of fused-ring (bicyclic) bond motifs is 1. The van der Waals surface area contributed by atoms with E-state index in [9.17, 15) is 14.7 Å². The molecule has 0 radical (unpaired) electrons. The lowest BCUT2D eigenvalue weighted by atomic mass is 10.2. The summed E-state index contributed by atoms with van der Waals surface area (Å²) in [5.74, 6) is -1.05. The SMILES string of the molecule is CCCSc1nc2c(nnn2C2CC(OCC(=O)OC)CC2OC(C)(C)O)c(=O)[nH]1. The van der Waals surface area contributed by atoms with Crippen LogP contribution in [0.5, 0.6) is 0 Å². The molecule has 0 amide bonds. The van der Waals surface area contributed by atoms with Crippen LogP contribution in [-0.2, 0) is 19.0 Å². The topological polar surface area (TPSA) is 141 Å². The third kappa shape index (κ3) is 5.36. The van der Waals surface area contributed by atoms with Crippen molar-refractivity contribution >= 4 is 28.9 Å². The van der Waals surface area contributed by atoms with Crippen LogP contribution in [0.2, 0.25) is 0 Å². The lowest BCUT2D eigenvalue weighted by Crippen LogP contribution is -2.34. The van der Waals surface area contributed by atoms with Gasteiger partial charge in [-0.05, 0) is 26.7 Å². The van der Waals surface area contributed by atoms with Gasteiger partial charge < -0.3 is 19.3 Å². The number of aromatic nitrogens is 5. The van der Waals surface area contributed by atoms with E-state index in [4.69, 9.17) is 9.47 Å². The number of hydrogen-bond acceptors (Lipinski definition) is 10. The van der Waals surface area contributed by atoms with Gasteiger partial charge in [0, 0.05) is 12.2 Å². The van der Waals surface area contributed by atoms with Crippen molar-refractivity contribution in [1.29, 1.82) is 0 Å². The lowest BCUT2D eigenvalue weighted by Gasteiger charge is -2.27. The molecule has 1 fully saturated rings. The number of nitrogens with one attached hydrogen (secondary N) is 1. The second-order valence-electron chi connectivity index (χ2n) is 7.58. The summed E-state index contributed by atoms with van der Waals surface area (Å²) >= 11 is 1.45. The molecule has 1 aliphatic carbocycles. The zero-order chi connectivity index (χ0) is 21.9. The molecule has 2 N–H and O–H groups in total. The Kier molecular flexibility index (Phi) is 7.11. The Morgan fingerprint density at radius 3 is 2.83 bits per heavy atom. The minimum atomic E-state index is -1.39. The fraction of sp³-hybridized carbons (Fsp3) is 0.722. The fourth-order valence-electron chi connectivity index (χ4n) is 3.38. The van der Waals surface area contributed by atoms with E-state index in [0.717, 1.165) is 12.2 Å². The Morgan fingerprint density at radius 1 is 1.40 bits per heavy atom. The first-order valence-corrected chi connectivity index (χ1v) is 10.8. The number of carbonyl (C=O) groups excluding carboxylic acids is 1. The molecule has 2 aromatic heterocycles. The van der Waals surface area contributed by atoms with Crippen molar-refractivity contribution < 1.29 is 24.1 Å². The normalized spacial score (nSPS) is 22.0.